The molecule has 0 aromatic carbocycles. The minimum Gasteiger partial charge on any atom is -0.478 e. The fourth-order valence-corrected chi connectivity index (χ4v) is 1.24. The maximum Gasteiger partial charge on any atom is 0.337 e. The molecule has 0 bridgehead atoms. The first kappa shape index (κ1) is 10.7. The van der Waals surface area contributed by atoms with Crippen LogP contribution < -0.4 is 0 Å². The highest BCUT2D eigenvalue weighted by atomic mass is 16.4. The van der Waals surface area contributed by atoms with Crippen LogP contribution in [-0.2, 0) is 6.54 Å². The molecule has 0 radical (unpaired) electrons. The average molecular weight is 194 g/mol. The van der Waals surface area contributed by atoms with Crippen molar-refractivity contribution in [2.45, 2.75) is 13.5 Å². The van der Waals surface area contributed by atoms with E-state index in [1.54, 1.807) is 19.2 Å². The number of aromatic nitrogens is 1. The SMILES string of the molecule is Cc1ncc(CN(C)C)cc1C(=O)O. The Hall–Kier alpha value is -1.42. The summed E-state index contributed by atoms with van der Waals surface area (Å²) >= 11 is 0. The van der Waals surface area contributed by atoms with Crippen LogP contribution in [0.4, 0.5) is 0 Å². The number of carbonyl (C=O) groups is 1. The molecule has 76 valence electrons. The van der Waals surface area contributed by atoms with E-state index < -0.39 is 5.97 Å². The van der Waals surface area contributed by atoms with E-state index >= 15 is 0 Å². The Balaban J connectivity index is 3.00. The van der Waals surface area contributed by atoms with E-state index in [-0.39, 0.29) is 5.56 Å². The standard InChI is InChI=1S/C10H14N2O2/c1-7-9(10(13)14)4-8(5-11-7)6-12(2)3/h4-5H,6H2,1-3H3,(H,13,14). The van der Waals surface area contributed by atoms with Crippen LogP contribution in [0.2, 0.25) is 0 Å². The molecule has 1 N–H and O–H groups in total. The number of pyridine rings is 1. The smallest absolute Gasteiger partial charge is 0.337 e. The van der Waals surface area contributed by atoms with Crippen molar-refractivity contribution < 1.29 is 9.90 Å². The highest BCUT2D eigenvalue weighted by Gasteiger charge is 2.09. The predicted octanol–water partition coefficient (Wildman–Crippen LogP) is 1.15. The van der Waals surface area contributed by atoms with E-state index in [4.69, 9.17) is 5.11 Å². The van der Waals surface area contributed by atoms with Crippen molar-refractivity contribution in [3.05, 3.63) is 29.1 Å². The third-order valence-electron chi connectivity index (χ3n) is 1.87. The number of hydrogen-bond acceptors (Lipinski definition) is 3. The molecular weight excluding hydrogens is 180 g/mol. The molecule has 1 aromatic heterocycles. The molecule has 0 saturated heterocycles. The van der Waals surface area contributed by atoms with Crippen LogP contribution in [0.15, 0.2) is 12.3 Å². The highest BCUT2D eigenvalue weighted by molar-refractivity contribution is 5.88. The minimum absolute atomic E-state index is 0.282. The quantitative estimate of drug-likeness (QED) is 0.784. The van der Waals surface area contributed by atoms with Crippen molar-refractivity contribution in [1.82, 2.24) is 9.88 Å². The molecular formula is C10H14N2O2. The summed E-state index contributed by atoms with van der Waals surface area (Å²) in [5, 5.41) is 8.87. The lowest BCUT2D eigenvalue weighted by molar-refractivity contribution is 0.0695. The molecule has 0 aliphatic heterocycles. The number of carboxylic acid groups (broad SMARTS) is 1. The number of aryl methyl sites for hydroxylation is 1. The lowest BCUT2D eigenvalue weighted by Gasteiger charge is -2.10. The Morgan fingerprint density at radius 2 is 2.21 bits per heavy atom. The highest BCUT2D eigenvalue weighted by Crippen LogP contribution is 2.09. The Labute approximate surface area is 83.2 Å². The molecule has 0 fully saturated rings. The molecule has 0 spiro atoms. The van der Waals surface area contributed by atoms with Gasteiger partial charge in [0.05, 0.1) is 11.3 Å². The van der Waals surface area contributed by atoms with E-state index in [1.807, 2.05) is 19.0 Å². The molecule has 1 aromatic rings. The zero-order valence-corrected chi connectivity index (χ0v) is 8.61. The first-order valence-electron chi connectivity index (χ1n) is 4.34. The average Bonchev–Trinajstić information content (AvgIpc) is 2.07. The van der Waals surface area contributed by atoms with Crippen molar-refractivity contribution in [3.63, 3.8) is 0 Å². The van der Waals surface area contributed by atoms with Gasteiger partial charge < -0.3 is 10.0 Å². The Morgan fingerprint density at radius 1 is 1.57 bits per heavy atom. The summed E-state index contributed by atoms with van der Waals surface area (Å²) in [6, 6.07) is 1.67. The third kappa shape index (κ3) is 2.53. The molecule has 0 atom stereocenters. The maximum absolute atomic E-state index is 10.8. The normalized spacial score (nSPS) is 10.6. The van der Waals surface area contributed by atoms with Gasteiger partial charge in [0, 0.05) is 12.7 Å². The molecule has 14 heavy (non-hydrogen) atoms. The number of rotatable bonds is 3. The molecule has 4 nitrogen and oxygen atoms in total. The fraction of sp³-hybridized carbons (Fsp3) is 0.400. The number of aromatic carboxylic acids is 1. The second kappa shape index (κ2) is 4.19. The second-order valence-electron chi connectivity index (χ2n) is 3.52. The van der Waals surface area contributed by atoms with Crippen molar-refractivity contribution in [2.75, 3.05) is 14.1 Å². The molecule has 4 heteroatoms. The van der Waals surface area contributed by atoms with E-state index in [0.29, 0.717) is 12.2 Å². The molecule has 0 amide bonds. The number of carboxylic acids is 1. The van der Waals surface area contributed by atoms with Crippen molar-refractivity contribution in [2.24, 2.45) is 0 Å². The predicted molar refractivity (Wildman–Crippen MR) is 53.3 cm³/mol. The summed E-state index contributed by atoms with van der Waals surface area (Å²) < 4.78 is 0. The lowest BCUT2D eigenvalue weighted by Crippen LogP contribution is -2.12. The van der Waals surface area contributed by atoms with Crippen LogP contribution in [0, 0.1) is 6.92 Å². The van der Waals surface area contributed by atoms with Gasteiger partial charge in [-0.3, -0.25) is 4.98 Å². The second-order valence-corrected chi connectivity index (χ2v) is 3.52. The first-order chi connectivity index (χ1) is 6.50. The van der Waals surface area contributed by atoms with E-state index in [1.165, 1.54) is 0 Å². The van der Waals surface area contributed by atoms with Gasteiger partial charge in [0.1, 0.15) is 0 Å². The van der Waals surface area contributed by atoms with Crippen LogP contribution in [0.1, 0.15) is 21.6 Å². The van der Waals surface area contributed by atoms with Gasteiger partial charge >= 0.3 is 5.97 Å². The summed E-state index contributed by atoms with van der Waals surface area (Å²) in [5.41, 5.74) is 1.75. The van der Waals surface area contributed by atoms with Crippen LogP contribution in [0.5, 0.6) is 0 Å². The summed E-state index contributed by atoms with van der Waals surface area (Å²) in [7, 11) is 3.86. The Kier molecular flexibility index (Phi) is 3.19. The number of hydrogen-bond donors (Lipinski definition) is 1. The molecule has 0 aliphatic rings. The van der Waals surface area contributed by atoms with Gasteiger partial charge in [-0.15, -0.1) is 0 Å². The Bertz CT molecular complexity index is 348. The minimum atomic E-state index is -0.921. The van der Waals surface area contributed by atoms with E-state index in [2.05, 4.69) is 4.98 Å². The summed E-state index contributed by atoms with van der Waals surface area (Å²) in [5.74, 6) is -0.921. The van der Waals surface area contributed by atoms with Gasteiger partial charge in [0.15, 0.2) is 0 Å². The van der Waals surface area contributed by atoms with Gasteiger partial charge in [0.2, 0.25) is 0 Å². The zero-order chi connectivity index (χ0) is 10.7. The first-order valence-corrected chi connectivity index (χ1v) is 4.34. The van der Waals surface area contributed by atoms with Crippen molar-refractivity contribution >= 4 is 5.97 Å². The largest absolute Gasteiger partial charge is 0.478 e. The lowest BCUT2D eigenvalue weighted by atomic mass is 10.1. The van der Waals surface area contributed by atoms with Crippen molar-refractivity contribution in [3.8, 4) is 0 Å². The fourth-order valence-electron chi connectivity index (χ4n) is 1.24. The number of nitrogens with zero attached hydrogens (tertiary/aromatic N) is 2. The molecule has 1 heterocycles. The zero-order valence-electron chi connectivity index (χ0n) is 8.61. The van der Waals surface area contributed by atoms with Crippen LogP contribution in [0.3, 0.4) is 0 Å². The van der Waals surface area contributed by atoms with E-state index in [0.717, 1.165) is 5.56 Å². The van der Waals surface area contributed by atoms with Gasteiger partial charge in [-0.1, -0.05) is 0 Å². The van der Waals surface area contributed by atoms with Gasteiger partial charge in [-0.05, 0) is 32.6 Å². The van der Waals surface area contributed by atoms with E-state index in [9.17, 15) is 4.79 Å². The summed E-state index contributed by atoms with van der Waals surface area (Å²) in [6.07, 6.45) is 1.71. The molecule has 0 unspecified atom stereocenters. The monoisotopic (exact) mass is 194 g/mol. The molecule has 1 rings (SSSR count). The topological polar surface area (TPSA) is 53.4 Å². The summed E-state index contributed by atoms with van der Waals surface area (Å²) in [4.78, 5) is 16.8. The maximum atomic E-state index is 10.8. The van der Waals surface area contributed by atoms with Gasteiger partial charge in [-0.2, -0.15) is 0 Å². The molecule has 0 saturated carbocycles. The van der Waals surface area contributed by atoms with Crippen LogP contribution in [0.25, 0.3) is 0 Å². The molecule has 0 aliphatic carbocycles. The van der Waals surface area contributed by atoms with Crippen molar-refractivity contribution in [1.29, 1.82) is 0 Å². The summed E-state index contributed by atoms with van der Waals surface area (Å²) in [6.45, 7) is 2.40. The Morgan fingerprint density at radius 3 is 2.71 bits per heavy atom. The van der Waals surface area contributed by atoms with Gasteiger partial charge in [0.25, 0.3) is 0 Å². The van der Waals surface area contributed by atoms with Gasteiger partial charge in [-0.25, -0.2) is 4.79 Å². The van der Waals surface area contributed by atoms with Crippen LogP contribution >= 0.6 is 0 Å². The van der Waals surface area contributed by atoms with Crippen LogP contribution in [-0.4, -0.2) is 35.1 Å². The third-order valence-corrected chi connectivity index (χ3v) is 1.87.